The van der Waals surface area contributed by atoms with Crippen LogP contribution >= 0.6 is 0 Å². The molecule has 0 saturated carbocycles. The van der Waals surface area contributed by atoms with E-state index in [2.05, 4.69) is 30.7 Å². The Morgan fingerprint density at radius 2 is 2.37 bits per heavy atom. The van der Waals surface area contributed by atoms with Gasteiger partial charge < -0.3 is 9.84 Å². The maximum atomic E-state index is 10.9. The molecule has 0 amide bonds. The van der Waals surface area contributed by atoms with E-state index in [0.29, 0.717) is 0 Å². The highest BCUT2D eigenvalue weighted by Gasteiger charge is 2.31. The molecule has 1 aromatic rings. The zero-order valence-corrected chi connectivity index (χ0v) is 11.6. The van der Waals surface area contributed by atoms with Gasteiger partial charge in [0.05, 0.1) is 11.7 Å². The Morgan fingerprint density at radius 3 is 3.00 bits per heavy atom. The third-order valence-electron chi connectivity index (χ3n) is 3.09. The fourth-order valence-corrected chi connectivity index (χ4v) is 2.65. The minimum absolute atomic E-state index is 0.0954. The Morgan fingerprint density at radius 1 is 1.63 bits per heavy atom. The van der Waals surface area contributed by atoms with Gasteiger partial charge in [-0.3, -0.25) is 4.90 Å². The summed E-state index contributed by atoms with van der Waals surface area (Å²) in [5, 5.41) is 8.94. The third-order valence-corrected chi connectivity index (χ3v) is 3.09. The van der Waals surface area contributed by atoms with Gasteiger partial charge in [0.2, 0.25) is 0 Å². The molecule has 5 nitrogen and oxygen atoms in total. The van der Waals surface area contributed by atoms with Crippen LogP contribution in [0.25, 0.3) is 0 Å². The summed E-state index contributed by atoms with van der Waals surface area (Å²) in [6, 6.07) is 3.50. The standard InChI is InChI=1S/C14H20N2O3/c1-10-7-16(9-14(2,3)19-10)8-11-4-5-15-12(6-11)13(17)18/h4-6,10H,7-9H2,1-3H3,(H,17,18). The summed E-state index contributed by atoms with van der Waals surface area (Å²) >= 11 is 0. The van der Waals surface area contributed by atoms with E-state index in [4.69, 9.17) is 9.84 Å². The van der Waals surface area contributed by atoms with Gasteiger partial charge in [-0.2, -0.15) is 0 Å². The van der Waals surface area contributed by atoms with Gasteiger partial charge in [0.1, 0.15) is 5.69 Å². The molecule has 0 bridgehead atoms. The second-order valence-electron chi connectivity index (χ2n) is 5.71. The van der Waals surface area contributed by atoms with Gasteiger partial charge in [-0.25, -0.2) is 9.78 Å². The van der Waals surface area contributed by atoms with Crippen molar-refractivity contribution in [3.8, 4) is 0 Å². The molecule has 1 N–H and O–H groups in total. The number of pyridine rings is 1. The molecule has 1 saturated heterocycles. The Bertz CT molecular complexity index is 474. The average Bonchev–Trinajstić information content (AvgIpc) is 2.26. The molecule has 1 aliphatic rings. The van der Waals surface area contributed by atoms with Crippen LogP contribution in [0.2, 0.25) is 0 Å². The monoisotopic (exact) mass is 264 g/mol. The van der Waals surface area contributed by atoms with Crippen LogP contribution in [-0.2, 0) is 11.3 Å². The van der Waals surface area contributed by atoms with Gasteiger partial charge in [0.25, 0.3) is 0 Å². The van der Waals surface area contributed by atoms with Crippen LogP contribution < -0.4 is 0 Å². The van der Waals surface area contributed by atoms with Crippen molar-refractivity contribution < 1.29 is 14.6 Å². The zero-order valence-electron chi connectivity index (χ0n) is 11.6. The van der Waals surface area contributed by atoms with Crippen LogP contribution in [0.5, 0.6) is 0 Å². The van der Waals surface area contributed by atoms with E-state index in [1.165, 1.54) is 0 Å². The maximum Gasteiger partial charge on any atom is 0.354 e. The third kappa shape index (κ3) is 3.75. The van der Waals surface area contributed by atoms with Crippen molar-refractivity contribution in [3.05, 3.63) is 29.6 Å². The molecule has 0 spiro atoms. The van der Waals surface area contributed by atoms with Crippen molar-refractivity contribution in [2.45, 2.75) is 39.0 Å². The summed E-state index contributed by atoms with van der Waals surface area (Å²) < 4.78 is 5.86. The number of nitrogens with zero attached hydrogens (tertiary/aromatic N) is 2. The Balaban J connectivity index is 2.08. The second-order valence-corrected chi connectivity index (χ2v) is 5.71. The van der Waals surface area contributed by atoms with Gasteiger partial charge in [0, 0.05) is 25.8 Å². The summed E-state index contributed by atoms with van der Waals surface area (Å²) in [6.07, 6.45) is 1.73. The van der Waals surface area contributed by atoms with Crippen molar-refractivity contribution >= 4 is 5.97 Å². The van der Waals surface area contributed by atoms with E-state index >= 15 is 0 Å². The molecule has 1 fully saturated rings. The SMILES string of the molecule is CC1CN(Cc2ccnc(C(=O)O)c2)CC(C)(C)O1. The predicted octanol–water partition coefficient (Wildman–Crippen LogP) is 1.78. The van der Waals surface area contributed by atoms with Gasteiger partial charge in [0.15, 0.2) is 0 Å². The van der Waals surface area contributed by atoms with E-state index in [9.17, 15) is 4.79 Å². The number of carbonyl (C=O) groups is 1. The quantitative estimate of drug-likeness (QED) is 0.901. The summed E-state index contributed by atoms with van der Waals surface area (Å²) in [5.41, 5.74) is 0.899. The molecule has 2 rings (SSSR count). The van der Waals surface area contributed by atoms with Crippen molar-refractivity contribution in [1.82, 2.24) is 9.88 Å². The summed E-state index contributed by atoms with van der Waals surface area (Å²) in [7, 11) is 0. The van der Waals surface area contributed by atoms with Gasteiger partial charge in [-0.05, 0) is 38.5 Å². The first-order chi connectivity index (χ1) is 8.85. The first-order valence-corrected chi connectivity index (χ1v) is 6.44. The fraction of sp³-hybridized carbons (Fsp3) is 0.571. The number of rotatable bonds is 3. The van der Waals surface area contributed by atoms with Gasteiger partial charge in [-0.15, -0.1) is 0 Å². The highest BCUT2D eigenvalue weighted by Crippen LogP contribution is 2.22. The van der Waals surface area contributed by atoms with Crippen LogP contribution in [-0.4, -0.2) is 45.8 Å². The first kappa shape index (κ1) is 14.0. The molecule has 19 heavy (non-hydrogen) atoms. The van der Waals surface area contributed by atoms with Gasteiger partial charge >= 0.3 is 5.97 Å². The van der Waals surface area contributed by atoms with Crippen LogP contribution in [0.3, 0.4) is 0 Å². The zero-order chi connectivity index (χ0) is 14.0. The highest BCUT2D eigenvalue weighted by atomic mass is 16.5. The average molecular weight is 264 g/mol. The number of carboxylic acids is 1. The number of hydrogen-bond acceptors (Lipinski definition) is 4. The van der Waals surface area contributed by atoms with E-state index in [0.717, 1.165) is 25.2 Å². The summed E-state index contributed by atoms with van der Waals surface area (Å²) in [6.45, 7) is 8.62. The predicted molar refractivity (Wildman–Crippen MR) is 71.1 cm³/mol. The molecule has 0 aromatic carbocycles. The lowest BCUT2D eigenvalue weighted by Crippen LogP contribution is -2.51. The molecule has 2 heterocycles. The molecular weight excluding hydrogens is 244 g/mol. The minimum atomic E-state index is -0.988. The van der Waals surface area contributed by atoms with Crippen LogP contribution in [0, 0.1) is 0 Å². The highest BCUT2D eigenvalue weighted by molar-refractivity contribution is 5.85. The number of ether oxygens (including phenoxy) is 1. The lowest BCUT2D eigenvalue weighted by molar-refractivity contribution is -0.130. The fourth-order valence-electron chi connectivity index (χ4n) is 2.65. The van der Waals surface area contributed by atoms with E-state index < -0.39 is 5.97 Å². The van der Waals surface area contributed by atoms with Crippen LogP contribution in [0.15, 0.2) is 18.3 Å². The number of carboxylic acid groups (broad SMARTS) is 1. The molecule has 0 radical (unpaired) electrons. The molecule has 1 aromatic heterocycles. The molecule has 1 atom stereocenters. The first-order valence-electron chi connectivity index (χ1n) is 6.44. The molecule has 5 heteroatoms. The number of aromatic nitrogens is 1. The molecule has 104 valence electrons. The summed E-state index contributed by atoms with van der Waals surface area (Å²) in [5.74, 6) is -0.988. The van der Waals surface area contributed by atoms with Crippen molar-refractivity contribution in [2.75, 3.05) is 13.1 Å². The topological polar surface area (TPSA) is 62.7 Å². The number of aromatic carboxylic acids is 1. The largest absolute Gasteiger partial charge is 0.477 e. The van der Waals surface area contributed by atoms with Crippen molar-refractivity contribution in [3.63, 3.8) is 0 Å². The molecular formula is C14H20N2O3. The lowest BCUT2D eigenvalue weighted by atomic mass is 10.0. The second kappa shape index (κ2) is 5.27. The number of hydrogen-bond donors (Lipinski definition) is 1. The number of morpholine rings is 1. The maximum absolute atomic E-state index is 10.9. The van der Waals surface area contributed by atoms with E-state index in [1.807, 2.05) is 6.07 Å². The normalized spacial score (nSPS) is 23.2. The smallest absolute Gasteiger partial charge is 0.354 e. The van der Waals surface area contributed by atoms with E-state index in [-0.39, 0.29) is 17.4 Å². The minimum Gasteiger partial charge on any atom is -0.477 e. The van der Waals surface area contributed by atoms with Crippen LogP contribution in [0.4, 0.5) is 0 Å². The Kier molecular flexibility index (Phi) is 3.87. The van der Waals surface area contributed by atoms with Crippen molar-refractivity contribution in [1.29, 1.82) is 0 Å². The molecule has 0 aliphatic carbocycles. The van der Waals surface area contributed by atoms with Gasteiger partial charge in [-0.1, -0.05) is 0 Å². The lowest BCUT2D eigenvalue weighted by Gasteiger charge is -2.41. The van der Waals surface area contributed by atoms with E-state index in [1.54, 1.807) is 12.3 Å². The summed E-state index contributed by atoms with van der Waals surface area (Å²) in [4.78, 5) is 17.0. The van der Waals surface area contributed by atoms with Crippen LogP contribution in [0.1, 0.15) is 36.8 Å². The van der Waals surface area contributed by atoms with Crippen molar-refractivity contribution in [2.24, 2.45) is 0 Å². The molecule has 1 unspecified atom stereocenters. The molecule has 1 aliphatic heterocycles. The Labute approximate surface area is 113 Å². The Hall–Kier alpha value is -1.46.